The number of carbonyl (C=O) groups is 2. The number of halogens is 3. The van der Waals surface area contributed by atoms with Gasteiger partial charge in [-0.3, -0.25) is 9.59 Å². The maximum atomic E-state index is 12.7. The molecule has 2 rings (SSSR count). The number of alkyl halides is 3. The minimum Gasteiger partial charge on any atom is -0.340 e. The lowest BCUT2D eigenvalue weighted by atomic mass is 9.92. The van der Waals surface area contributed by atoms with Crippen LogP contribution in [0.4, 0.5) is 13.2 Å². The topological polar surface area (TPSA) is 66.6 Å². The van der Waals surface area contributed by atoms with Crippen LogP contribution in [0.1, 0.15) is 45.4 Å². The quantitative estimate of drug-likeness (QED) is 0.843. The Balaban J connectivity index is 2.01. The molecule has 2 fully saturated rings. The van der Waals surface area contributed by atoms with Gasteiger partial charge in [-0.05, 0) is 32.6 Å². The van der Waals surface area contributed by atoms with Crippen molar-refractivity contribution >= 4 is 11.8 Å². The van der Waals surface area contributed by atoms with Crippen LogP contribution >= 0.6 is 0 Å². The van der Waals surface area contributed by atoms with Crippen molar-refractivity contribution in [2.24, 2.45) is 11.7 Å². The molecule has 0 radical (unpaired) electrons. The van der Waals surface area contributed by atoms with Gasteiger partial charge in [0.05, 0.1) is 11.5 Å². The monoisotopic (exact) mass is 349 g/mol. The Labute approximate surface area is 140 Å². The molecule has 1 aliphatic carbocycles. The van der Waals surface area contributed by atoms with Crippen LogP contribution in [-0.4, -0.2) is 59.5 Å². The second kappa shape index (κ2) is 7.29. The smallest absolute Gasteiger partial charge is 0.340 e. The van der Waals surface area contributed by atoms with E-state index in [-0.39, 0.29) is 19.0 Å². The second-order valence-electron chi connectivity index (χ2n) is 6.92. The maximum Gasteiger partial charge on any atom is 0.406 e. The van der Waals surface area contributed by atoms with Gasteiger partial charge in [-0.25, -0.2) is 0 Å². The first-order valence-corrected chi connectivity index (χ1v) is 8.60. The molecule has 2 N–H and O–H groups in total. The van der Waals surface area contributed by atoms with Crippen LogP contribution in [0.25, 0.3) is 0 Å². The lowest BCUT2D eigenvalue weighted by Gasteiger charge is -2.38. The molecular formula is C16H26F3N3O2. The van der Waals surface area contributed by atoms with Crippen LogP contribution in [0, 0.1) is 5.92 Å². The first-order valence-electron chi connectivity index (χ1n) is 8.60. The summed E-state index contributed by atoms with van der Waals surface area (Å²) in [6, 6.07) is 0. The first-order chi connectivity index (χ1) is 11.2. The fraction of sp³-hybridized carbons (Fsp3) is 0.875. The van der Waals surface area contributed by atoms with E-state index in [0.717, 1.165) is 17.7 Å². The van der Waals surface area contributed by atoms with Crippen molar-refractivity contribution < 1.29 is 22.8 Å². The molecule has 8 heteroatoms. The molecular weight excluding hydrogens is 323 g/mol. The summed E-state index contributed by atoms with van der Waals surface area (Å²) in [6.07, 6.45) is -0.204. The Morgan fingerprint density at radius 1 is 1.25 bits per heavy atom. The van der Waals surface area contributed by atoms with Crippen molar-refractivity contribution in [3.05, 3.63) is 0 Å². The third-order valence-corrected chi connectivity index (χ3v) is 5.04. The first kappa shape index (κ1) is 19.0. The normalized spacial score (nSPS) is 24.0. The molecule has 0 aromatic heterocycles. The van der Waals surface area contributed by atoms with E-state index in [9.17, 15) is 22.8 Å². The minimum absolute atomic E-state index is 0.00359. The van der Waals surface area contributed by atoms with Gasteiger partial charge in [-0.1, -0.05) is 12.8 Å². The lowest BCUT2D eigenvalue weighted by Crippen LogP contribution is -2.57. The SMILES string of the molecule is CCN(CC(F)(F)F)C(=O)C1CCCN(C(=O)C2(N)CCCC2)C1. The molecule has 0 spiro atoms. The molecule has 0 aromatic carbocycles. The summed E-state index contributed by atoms with van der Waals surface area (Å²) in [5.41, 5.74) is 5.33. The highest BCUT2D eigenvalue weighted by Gasteiger charge is 2.42. The van der Waals surface area contributed by atoms with Crippen molar-refractivity contribution in [2.45, 2.75) is 57.2 Å². The number of likely N-dealkylation sites (tertiary alicyclic amines) is 1. The molecule has 1 aliphatic heterocycles. The summed E-state index contributed by atoms with van der Waals surface area (Å²) in [5.74, 6) is -1.25. The molecule has 1 heterocycles. The van der Waals surface area contributed by atoms with Gasteiger partial charge in [0.25, 0.3) is 0 Å². The average molecular weight is 349 g/mol. The van der Waals surface area contributed by atoms with Gasteiger partial charge in [0.15, 0.2) is 0 Å². The third kappa shape index (κ3) is 4.40. The van der Waals surface area contributed by atoms with Crippen molar-refractivity contribution in [2.75, 3.05) is 26.2 Å². The Hall–Kier alpha value is -1.31. The summed E-state index contributed by atoms with van der Waals surface area (Å²) < 4.78 is 37.8. The van der Waals surface area contributed by atoms with Crippen molar-refractivity contribution in [1.29, 1.82) is 0 Å². The molecule has 24 heavy (non-hydrogen) atoms. The van der Waals surface area contributed by atoms with Crippen molar-refractivity contribution in [3.8, 4) is 0 Å². The van der Waals surface area contributed by atoms with Crippen LogP contribution < -0.4 is 5.73 Å². The fourth-order valence-electron chi connectivity index (χ4n) is 3.72. The van der Waals surface area contributed by atoms with Gasteiger partial charge >= 0.3 is 6.18 Å². The van der Waals surface area contributed by atoms with Crippen molar-refractivity contribution in [1.82, 2.24) is 9.80 Å². The molecule has 5 nitrogen and oxygen atoms in total. The zero-order valence-electron chi connectivity index (χ0n) is 14.1. The van der Waals surface area contributed by atoms with Gasteiger partial charge < -0.3 is 15.5 Å². The Morgan fingerprint density at radius 2 is 1.88 bits per heavy atom. The summed E-state index contributed by atoms with van der Waals surface area (Å²) >= 11 is 0. The van der Waals surface area contributed by atoms with Gasteiger partial charge in [0.2, 0.25) is 11.8 Å². The average Bonchev–Trinajstić information content (AvgIpc) is 2.98. The number of carbonyl (C=O) groups excluding carboxylic acids is 2. The zero-order valence-corrected chi connectivity index (χ0v) is 14.1. The molecule has 1 unspecified atom stereocenters. The molecule has 138 valence electrons. The van der Waals surface area contributed by atoms with E-state index in [1.54, 1.807) is 4.90 Å². The highest BCUT2D eigenvalue weighted by atomic mass is 19.4. The summed E-state index contributed by atoms with van der Waals surface area (Å²) in [7, 11) is 0. The highest BCUT2D eigenvalue weighted by molar-refractivity contribution is 5.87. The fourth-order valence-corrected chi connectivity index (χ4v) is 3.72. The van der Waals surface area contributed by atoms with E-state index >= 15 is 0 Å². The second-order valence-corrected chi connectivity index (χ2v) is 6.92. The molecule has 2 aliphatic rings. The predicted octanol–water partition coefficient (Wildman–Crippen LogP) is 1.91. The van der Waals surface area contributed by atoms with Crippen LogP contribution in [-0.2, 0) is 9.59 Å². The number of amides is 2. The number of nitrogens with zero attached hydrogens (tertiary/aromatic N) is 2. The molecule has 1 saturated carbocycles. The molecule has 1 saturated heterocycles. The summed E-state index contributed by atoms with van der Waals surface area (Å²) in [6.45, 7) is 0.984. The van der Waals surface area contributed by atoms with Gasteiger partial charge in [0.1, 0.15) is 6.54 Å². The predicted molar refractivity (Wildman–Crippen MR) is 83.0 cm³/mol. The van der Waals surface area contributed by atoms with E-state index < -0.39 is 30.1 Å². The van der Waals surface area contributed by atoms with E-state index in [1.807, 2.05) is 0 Å². The Morgan fingerprint density at radius 3 is 2.42 bits per heavy atom. The number of nitrogens with two attached hydrogens (primary N) is 1. The van der Waals surface area contributed by atoms with E-state index in [2.05, 4.69) is 0 Å². The number of hydrogen-bond acceptors (Lipinski definition) is 3. The molecule has 0 bridgehead atoms. The van der Waals surface area contributed by atoms with Crippen LogP contribution in [0.5, 0.6) is 0 Å². The number of rotatable bonds is 4. The number of piperidine rings is 1. The number of hydrogen-bond donors (Lipinski definition) is 1. The molecule has 1 atom stereocenters. The molecule has 2 amide bonds. The van der Waals surface area contributed by atoms with E-state index in [1.165, 1.54) is 6.92 Å². The van der Waals surface area contributed by atoms with Gasteiger partial charge in [-0.2, -0.15) is 13.2 Å². The minimum atomic E-state index is -4.42. The Bertz CT molecular complexity index is 476. The third-order valence-electron chi connectivity index (χ3n) is 5.04. The van der Waals surface area contributed by atoms with Crippen LogP contribution in [0.3, 0.4) is 0 Å². The van der Waals surface area contributed by atoms with Gasteiger partial charge in [0, 0.05) is 19.6 Å². The van der Waals surface area contributed by atoms with E-state index in [4.69, 9.17) is 5.73 Å². The van der Waals surface area contributed by atoms with Crippen LogP contribution in [0.15, 0.2) is 0 Å². The Kier molecular flexibility index (Phi) is 5.78. The van der Waals surface area contributed by atoms with E-state index in [0.29, 0.717) is 32.2 Å². The standard InChI is InChI=1S/C16H26F3N3O2/c1-2-21(11-16(17,18)19)13(23)12-6-5-9-22(10-12)14(24)15(20)7-3-4-8-15/h12H,2-11,20H2,1H3. The lowest BCUT2D eigenvalue weighted by molar-refractivity contribution is -0.165. The van der Waals surface area contributed by atoms with Crippen molar-refractivity contribution in [3.63, 3.8) is 0 Å². The highest BCUT2D eigenvalue weighted by Crippen LogP contribution is 2.31. The zero-order chi connectivity index (χ0) is 18.0. The summed E-state index contributed by atoms with van der Waals surface area (Å²) in [5, 5.41) is 0. The largest absolute Gasteiger partial charge is 0.406 e. The maximum absolute atomic E-state index is 12.7. The summed E-state index contributed by atoms with van der Waals surface area (Å²) in [4.78, 5) is 27.5. The van der Waals surface area contributed by atoms with Crippen LogP contribution in [0.2, 0.25) is 0 Å². The molecule has 0 aromatic rings. The van der Waals surface area contributed by atoms with Gasteiger partial charge in [-0.15, -0.1) is 0 Å².